The first-order valence-electron chi connectivity index (χ1n) is 7.01. The Morgan fingerprint density at radius 3 is 3.19 bits per heavy atom. The van der Waals surface area contributed by atoms with Crippen molar-refractivity contribution < 1.29 is 4.74 Å². The topological polar surface area (TPSA) is 89.2 Å². The first-order valence-corrected chi connectivity index (χ1v) is 7.01. The van der Waals surface area contributed by atoms with Crippen molar-refractivity contribution in [1.29, 1.82) is 0 Å². The lowest BCUT2D eigenvalue weighted by molar-refractivity contribution is 0.310. The van der Waals surface area contributed by atoms with Gasteiger partial charge in [0.25, 0.3) is 0 Å². The highest BCUT2D eigenvalue weighted by Crippen LogP contribution is 2.31. The zero-order valence-corrected chi connectivity index (χ0v) is 11.5. The number of aromatic nitrogens is 3. The molecule has 2 aromatic heterocycles. The second-order valence-corrected chi connectivity index (χ2v) is 5.19. The Hall–Kier alpha value is -2.57. The Kier molecular flexibility index (Phi) is 2.77. The Labute approximate surface area is 122 Å². The number of rotatable bonds is 1. The van der Waals surface area contributed by atoms with Crippen molar-refractivity contribution in [2.24, 2.45) is 0 Å². The van der Waals surface area contributed by atoms with E-state index in [1.54, 1.807) is 0 Å². The van der Waals surface area contributed by atoms with Crippen LogP contribution in [0.25, 0.3) is 0 Å². The summed E-state index contributed by atoms with van der Waals surface area (Å²) in [5.74, 6) is 1.00. The number of nitrogens with one attached hydrogen (secondary N) is 1. The van der Waals surface area contributed by atoms with Gasteiger partial charge in [0.1, 0.15) is 6.61 Å². The maximum atomic E-state index is 5.68. The Bertz CT molecular complexity index is 689. The quantitative estimate of drug-likeness (QED) is 0.801. The summed E-state index contributed by atoms with van der Waals surface area (Å²) >= 11 is 0. The van der Waals surface area contributed by atoms with Crippen LogP contribution in [0.3, 0.4) is 0 Å². The van der Waals surface area contributed by atoms with Crippen LogP contribution in [0, 0.1) is 0 Å². The van der Waals surface area contributed by atoms with Crippen molar-refractivity contribution >= 4 is 17.3 Å². The van der Waals surface area contributed by atoms with Gasteiger partial charge in [0.05, 0.1) is 29.8 Å². The second-order valence-electron chi connectivity index (χ2n) is 5.19. The fourth-order valence-corrected chi connectivity index (χ4v) is 2.73. The number of ether oxygens (including phenoxy) is 1. The summed E-state index contributed by atoms with van der Waals surface area (Å²) in [5, 5.41) is 3.31. The van der Waals surface area contributed by atoms with Gasteiger partial charge in [0, 0.05) is 19.3 Å². The lowest BCUT2D eigenvalue weighted by atomic mass is 10.1. The molecule has 0 spiro atoms. The highest BCUT2D eigenvalue weighted by Gasteiger charge is 2.20. The van der Waals surface area contributed by atoms with Crippen LogP contribution in [0.4, 0.5) is 17.3 Å². The molecule has 7 nitrogen and oxygen atoms in total. The van der Waals surface area contributed by atoms with Crippen molar-refractivity contribution in [3.8, 4) is 5.88 Å². The number of nitrogens with zero attached hydrogens (tertiary/aromatic N) is 4. The molecule has 4 rings (SSSR count). The van der Waals surface area contributed by atoms with Crippen LogP contribution in [0.2, 0.25) is 0 Å². The molecule has 0 unspecified atom stereocenters. The Morgan fingerprint density at radius 2 is 2.24 bits per heavy atom. The third-order valence-corrected chi connectivity index (χ3v) is 3.82. The Balaban J connectivity index is 1.63. The van der Waals surface area contributed by atoms with Crippen LogP contribution in [-0.4, -0.2) is 34.6 Å². The highest BCUT2D eigenvalue weighted by molar-refractivity contribution is 5.63. The molecule has 0 aromatic carbocycles. The molecule has 0 saturated carbocycles. The van der Waals surface area contributed by atoms with Crippen LogP contribution in [0.15, 0.2) is 18.5 Å². The average molecular weight is 284 g/mol. The number of pyridine rings is 1. The maximum absolute atomic E-state index is 5.68. The molecule has 0 amide bonds. The summed E-state index contributed by atoms with van der Waals surface area (Å²) in [6.45, 7) is 3.11. The number of hydrogen-bond donors (Lipinski definition) is 2. The van der Waals surface area contributed by atoms with Crippen molar-refractivity contribution in [2.45, 2.75) is 13.0 Å². The van der Waals surface area contributed by atoms with E-state index in [2.05, 4.69) is 31.2 Å². The molecule has 108 valence electrons. The van der Waals surface area contributed by atoms with E-state index in [0.29, 0.717) is 18.4 Å². The predicted molar refractivity (Wildman–Crippen MR) is 79.4 cm³/mol. The summed E-state index contributed by atoms with van der Waals surface area (Å²) in [6, 6.07) is 2.08. The lowest BCUT2D eigenvalue weighted by Gasteiger charge is -2.30. The van der Waals surface area contributed by atoms with Gasteiger partial charge in [-0.05, 0) is 18.1 Å². The third-order valence-electron chi connectivity index (χ3n) is 3.82. The van der Waals surface area contributed by atoms with Gasteiger partial charge >= 0.3 is 0 Å². The number of nitrogen functional groups attached to an aromatic ring is 1. The van der Waals surface area contributed by atoms with Gasteiger partial charge in [0.2, 0.25) is 11.8 Å². The zero-order valence-electron chi connectivity index (χ0n) is 11.5. The molecule has 0 fully saturated rings. The van der Waals surface area contributed by atoms with Crippen LogP contribution in [-0.2, 0) is 13.0 Å². The minimum Gasteiger partial charge on any atom is -0.474 e. The first kappa shape index (κ1) is 12.2. The first-order chi connectivity index (χ1) is 10.3. The Morgan fingerprint density at radius 1 is 1.29 bits per heavy atom. The van der Waals surface area contributed by atoms with E-state index in [9.17, 15) is 0 Å². The number of fused-ring (bicyclic) bond motifs is 2. The molecule has 0 bridgehead atoms. The highest BCUT2D eigenvalue weighted by atomic mass is 16.5. The molecule has 4 heterocycles. The minimum atomic E-state index is 0.328. The van der Waals surface area contributed by atoms with Crippen LogP contribution >= 0.6 is 0 Å². The summed E-state index contributed by atoms with van der Waals surface area (Å²) in [4.78, 5) is 15.0. The molecule has 2 aliphatic rings. The van der Waals surface area contributed by atoms with Gasteiger partial charge < -0.3 is 20.7 Å². The molecule has 2 aliphatic heterocycles. The van der Waals surface area contributed by atoms with E-state index in [0.717, 1.165) is 43.1 Å². The standard InChI is InChI=1S/C14H16N6O/c15-14-18-6-9-1-3-20(8-12(9)19-14)10-5-11-13(17-7-10)21-4-2-16-11/h5-7,16H,1-4,8H2,(H2,15,18,19). The maximum Gasteiger partial charge on any atom is 0.237 e. The van der Waals surface area contributed by atoms with Gasteiger partial charge in [-0.2, -0.15) is 0 Å². The van der Waals surface area contributed by atoms with Gasteiger partial charge in [-0.3, -0.25) is 0 Å². The normalized spacial score (nSPS) is 16.5. The molecule has 0 saturated heterocycles. The van der Waals surface area contributed by atoms with Crippen molar-refractivity contribution in [2.75, 3.05) is 35.6 Å². The zero-order chi connectivity index (χ0) is 14.2. The minimum absolute atomic E-state index is 0.328. The summed E-state index contributed by atoms with van der Waals surface area (Å²) in [6.07, 6.45) is 4.59. The van der Waals surface area contributed by atoms with E-state index in [-0.39, 0.29) is 0 Å². The van der Waals surface area contributed by atoms with E-state index in [1.165, 1.54) is 5.56 Å². The lowest BCUT2D eigenvalue weighted by Crippen LogP contribution is -2.32. The van der Waals surface area contributed by atoms with Gasteiger partial charge in [-0.15, -0.1) is 0 Å². The molecule has 0 radical (unpaired) electrons. The molecule has 0 aliphatic carbocycles. The fourth-order valence-electron chi connectivity index (χ4n) is 2.73. The van der Waals surface area contributed by atoms with Crippen molar-refractivity contribution in [3.63, 3.8) is 0 Å². The van der Waals surface area contributed by atoms with Crippen LogP contribution in [0.1, 0.15) is 11.3 Å². The summed E-state index contributed by atoms with van der Waals surface area (Å²) in [7, 11) is 0. The van der Waals surface area contributed by atoms with Gasteiger partial charge in [-0.1, -0.05) is 0 Å². The van der Waals surface area contributed by atoms with E-state index in [1.807, 2.05) is 12.4 Å². The van der Waals surface area contributed by atoms with E-state index < -0.39 is 0 Å². The van der Waals surface area contributed by atoms with E-state index >= 15 is 0 Å². The van der Waals surface area contributed by atoms with Crippen molar-refractivity contribution in [3.05, 3.63) is 29.7 Å². The SMILES string of the molecule is Nc1ncc2c(n1)CN(c1cnc3c(c1)NCCO3)CC2. The smallest absolute Gasteiger partial charge is 0.237 e. The average Bonchev–Trinajstić information content (AvgIpc) is 2.53. The number of nitrogens with two attached hydrogens (primary N) is 1. The molecular formula is C14H16N6O. The molecule has 3 N–H and O–H groups in total. The molecule has 21 heavy (non-hydrogen) atoms. The van der Waals surface area contributed by atoms with Crippen molar-refractivity contribution in [1.82, 2.24) is 15.0 Å². The number of anilines is 3. The molecular weight excluding hydrogens is 268 g/mol. The van der Waals surface area contributed by atoms with Crippen LogP contribution in [0.5, 0.6) is 5.88 Å². The fraction of sp³-hybridized carbons (Fsp3) is 0.357. The summed E-state index contributed by atoms with van der Waals surface area (Å²) < 4.78 is 5.51. The monoisotopic (exact) mass is 284 g/mol. The largest absolute Gasteiger partial charge is 0.474 e. The molecule has 0 atom stereocenters. The number of hydrogen-bond acceptors (Lipinski definition) is 7. The second kappa shape index (κ2) is 4.76. The molecule has 7 heteroatoms. The van der Waals surface area contributed by atoms with Gasteiger partial charge in [0.15, 0.2) is 0 Å². The predicted octanol–water partition coefficient (Wildman–Crippen LogP) is 0.821. The molecule has 2 aromatic rings. The van der Waals surface area contributed by atoms with E-state index in [4.69, 9.17) is 10.5 Å². The van der Waals surface area contributed by atoms with Crippen LogP contribution < -0.4 is 20.7 Å². The summed E-state index contributed by atoms with van der Waals surface area (Å²) in [5.41, 5.74) is 9.86. The third kappa shape index (κ3) is 2.20. The van der Waals surface area contributed by atoms with Gasteiger partial charge in [-0.25, -0.2) is 15.0 Å².